The van der Waals surface area contributed by atoms with E-state index in [0.717, 1.165) is 18.3 Å². The summed E-state index contributed by atoms with van der Waals surface area (Å²) in [5.74, 6) is 0.376. The highest BCUT2D eigenvalue weighted by molar-refractivity contribution is 14.1. The fourth-order valence-corrected chi connectivity index (χ4v) is 5.08. The van der Waals surface area contributed by atoms with E-state index in [4.69, 9.17) is 4.18 Å². The van der Waals surface area contributed by atoms with Gasteiger partial charge in [-0.1, -0.05) is 23.8 Å². The Morgan fingerprint density at radius 2 is 1.82 bits per heavy atom. The van der Waals surface area contributed by atoms with Gasteiger partial charge in [-0.05, 0) is 82.8 Å². The molecule has 0 aliphatic carbocycles. The first kappa shape index (κ1) is 17.7. The molecule has 3 nitrogen and oxygen atoms in total. The molecule has 2 rings (SSSR count). The van der Waals surface area contributed by atoms with Gasteiger partial charge in [-0.25, -0.2) is 0 Å². The summed E-state index contributed by atoms with van der Waals surface area (Å²) in [6, 6.07) is 10.4. The summed E-state index contributed by atoms with van der Waals surface area (Å²) in [7, 11) is -3.85. The summed E-state index contributed by atoms with van der Waals surface area (Å²) in [4.78, 5) is 0.150. The molecule has 2 aromatic rings. The normalized spacial score (nSPS) is 11.2. The van der Waals surface area contributed by atoms with Crippen LogP contribution in [0.15, 0.2) is 53.9 Å². The van der Waals surface area contributed by atoms with Gasteiger partial charge in [-0.2, -0.15) is 8.42 Å². The van der Waals surface area contributed by atoms with Crippen molar-refractivity contribution in [1.29, 1.82) is 0 Å². The summed E-state index contributed by atoms with van der Waals surface area (Å²) >= 11 is 4.28. The Morgan fingerprint density at radius 1 is 1.18 bits per heavy atom. The topological polar surface area (TPSA) is 43.4 Å². The molecule has 2 aromatic carbocycles. The quantitative estimate of drug-likeness (QED) is 0.314. The lowest BCUT2D eigenvalue weighted by Gasteiger charge is -2.13. The number of allylic oxidation sites excluding steroid dienone is 1. The summed E-state index contributed by atoms with van der Waals surface area (Å²) in [6.45, 7) is 5.62. The molecule has 0 spiro atoms. The van der Waals surface area contributed by atoms with E-state index in [1.807, 2.05) is 19.1 Å². The molecule has 0 N–H and O–H groups in total. The molecule has 0 saturated carbocycles. The number of rotatable bonds is 5. The zero-order valence-electron chi connectivity index (χ0n) is 11.8. The third-order valence-electron chi connectivity index (χ3n) is 2.95. The highest BCUT2D eigenvalue weighted by Gasteiger charge is 2.20. The van der Waals surface area contributed by atoms with E-state index in [1.54, 1.807) is 30.3 Å². The molecule has 0 aliphatic heterocycles. The molecule has 0 atom stereocenters. The second-order valence-electron chi connectivity index (χ2n) is 4.72. The Kier molecular flexibility index (Phi) is 5.89. The third kappa shape index (κ3) is 4.23. The summed E-state index contributed by atoms with van der Waals surface area (Å²) in [5.41, 5.74) is 1.80. The van der Waals surface area contributed by atoms with Crippen LogP contribution in [0.4, 0.5) is 0 Å². The number of aryl methyl sites for hydroxylation is 1. The Bertz CT molecular complexity index is 797. The van der Waals surface area contributed by atoms with Crippen molar-refractivity contribution in [2.45, 2.75) is 18.2 Å². The van der Waals surface area contributed by atoms with Crippen LogP contribution >= 0.6 is 45.2 Å². The maximum atomic E-state index is 12.5. The van der Waals surface area contributed by atoms with E-state index in [1.165, 1.54) is 0 Å². The lowest BCUT2D eigenvalue weighted by atomic mass is 10.1. The van der Waals surface area contributed by atoms with Crippen LogP contribution in [0.1, 0.15) is 11.1 Å². The fourth-order valence-electron chi connectivity index (χ4n) is 1.88. The van der Waals surface area contributed by atoms with Gasteiger partial charge in [-0.3, -0.25) is 0 Å². The highest BCUT2D eigenvalue weighted by atomic mass is 127. The van der Waals surface area contributed by atoms with Crippen LogP contribution in [0, 0.1) is 14.1 Å². The highest BCUT2D eigenvalue weighted by Crippen LogP contribution is 2.31. The Balaban J connectivity index is 2.45. The molecule has 0 heterocycles. The van der Waals surface area contributed by atoms with Crippen LogP contribution < -0.4 is 4.18 Å². The maximum Gasteiger partial charge on any atom is 0.339 e. The molecule has 22 heavy (non-hydrogen) atoms. The van der Waals surface area contributed by atoms with Gasteiger partial charge >= 0.3 is 10.1 Å². The van der Waals surface area contributed by atoms with Crippen LogP contribution in [0.2, 0.25) is 0 Å². The molecule has 116 valence electrons. The SMILES string of the molecule is C=CCc1cc(I)cc(I)c1OS(=O)(=O)c1ccc(C)cc1. The van der Waals surface area contributed by atoms with Crippen molar-refractivity contribution in [3.8, 4) is 5.75 Å². The maximum absolute atomic E-state index is 12.5. The standard InChI is InChI=1S/C16H14I2O3S/c1-3-4-12-9-13(17)10-15(18)16(12)21-22(19,20)14-7-5-11(2)6-8-14/h3,5-10H,1,4H2,2H3. The summed E-state index contributed by atoms with van der Waals surface area (Å²) < 4.78 is 32.1. The number of halogens is 2. The molecule has 0 bridgehead atoms. The minimum Gasteiger partial charge on any atom is -0.378 e. The lowest BCUT2D eigenvalue weighted by Crippen LogP contribution is -2.12. The first-order chi connectivity index (χ1) is 10.3. The second kappa shape index (κ2) is 7.31. The average Bonchev–Trinajstić information content (AvgIpc) is 2.43. The number of hydrogen-bond acceptors (Lipinski definition) is 3. The molecular weight excluding hydrogens is 526 g/mol. The molecule has 0 radical (unpaired) electrons. The van der Waals surface area contributed by atoms with Crippen molar-refractivity contribution >= 4 is 55.3 Å². The number of hydrogen-bond donors (Lipinski definition) is 0. The van der Waals surface area contributed by atoms with Gasteiger partial charge in [0.15, 0.2) is 5.75 Å². The first-order valence-electron chi connectivity index (χ1n) is 6.43. The molecule has 0 unspecified atom stereocenters. The zero-order valence-corrected chi connectivity index (χ0v) is 17.0. The third-order valence-corrected chi connectivity index (χ3v) is 5.61. The van der Waals surface area contributed by atoms with Crippen molar-refractivity contribution in [1.82, 2.24) is 0 Å². The Hall–Kier alpha value is -0.610. The van der Waals surface area contributed by atoms with Crippen molar-refractivity contribution in [2.75, 3.05) is 0 Å². The van der Waals surface area contributed by atoms with E-state index in [9.17, 15) is 8.42 Å². The van der Waals surface area contributed by atoms with Crippen molar-refractivity contribution in [2.24, 2.45) is 0 Å². The molecule has 0 aromatic heterocycles. The zero-order chi connectivity index (χ0) is 16.3. The Morgan fingerprint density at radius 3 is 2.41 bits per heavy atom. The summed E-state index contributed by atoms with van der Waals surface area (Å²) in [5, 5.41) is 0. The minimum absolute atomic E-state index is 0.150. The fraction of sp³-hybridized carbons (Fsp3) is 0.125. The molecule has 0 fully saturated rings. The molecular formula is C16H14I2O3S. The van der Waals surface area contributed by atoms with Crippen LogP contribution in [0.25, 0.3) is 0 Å². The van der Waals surface area contributed by atoms with E-state index in [0.29, 0.717) is 12.2 Å². The van der Waals surface area contributed by atoms with Crippen LogP contribution in [0.5, 0.6) is 5.75 Å². The smallest absolute Gasteiger partial charge is 0.339 e. The van der Waals surface area contributed by atoms with Crippen LogP contribution in [0.3, 0.4) is 0 Å². The predicted octanol–water partition coefficient (Wildman–Crippen LogP) is 4.70. The second-order valence-corrected chi connectivity index (χ2v) is 8.67. The molecule has 0 amide bonds. The van der Waals surface area contributed by atoms with Crippen LogP contribution in [-0.4, -0.2) is 8.42 Å². The van der Waals surface area contributed by atoms with Gasteiger partial charge in [0.2, 0.25) is 0 Å². The van der Waals surface area contributed by atoms with E-state index < -0.39 is 10.1 Å². The molecule has 0 aliphatic rings. The predicted molar refractivity (Wildman–Crippen MR) is 105 cm³/mol. The molecule has 0 saturated heterocycles. The Labute approximate surface area is 158 Å². The van der Waals surface area contributed by atoms with Gasteiger partial charge in [0.1, 0.15) is 4.90 Å². The lowest BCUT2D eigenvalue weighted by molar-refractivity contribution is 0.481. The van der Waals surface area contributed by atoms with Crippen molar-refractivity contribution in [3.05, 3.63) is 67.3 Å². The largest absolute Gasteiger partial charge is 0.378 e. The average molecular weight is 540 g/mol. The van der Waals surface area contributed by atoms with Gasteiger partial charge in [0.25, 0.3) is 0 Å². The van der Waals surface area contributed by atoms with Crippen LogP contribution in [-0.2, 0) is 16.5 Å². The monoisotopic (exact) mass is 540 g/mol. The van der Waals surface area contributed by atoms with Gasteiger partial charge in [-0.15, -0.1) is 6.58 Å². The first-order valence-corrected chi connectivity index (χ1v) is 10.00. The molecule has 6 heteroatoms. The summed E-state index contributed by atoms with van der Waals surface area (Å²) in [6.07, 6.45) is 2.28. The van der Waals surface area contributed by atoms with E-state index in [2.05, 4.69) is 51.8 Å². The van der Waals surface area contributed by atoms with E-state index >= 15 is 0 Å². The van der Waals surface area contributed by atoms with Gasteiger partial charge in [0, 0.05) is 9.13 Å². The van der Waals surface area contributed by atoms with Crippen molar-refractivity contribution in [3.63, 3.8) is 0 Å². The van der Waals surface area contributed by atoms with Gasteiger partial charge < -0.3 is 4.18 Å². The van der Waals surface area contributed by atoms with E-state index in [-0.39, 0.29) is 4.90 Å². The van der Waals surface area contributed by atoms with Crippen molar-refractivity contribution < 1.29 is 12.6 Å². The number of benzene rings is 2. The minimum atomic E-state index is -3.85. The van der Waals surface area contributed by atoms with Gasteiger partial charge in [0.05, 0.1) is 3.57 Å².